The fourth-order valence-electron chi connectivity index (χ4n) is 1.82. The summed E-state index contributed by atoms with van der Waals surface area (Å²) in [6.07, 6.45) is -1.30. The van der Waals surface area contributed by atoms with Crippen molar-refractivity contribution in [3.05, 3.63) is 35.9 Å². The Morgan fingerprint density at radius 2 is 1.70 bits per heavy atom. The lowest BCUT2D eigenvalue weighted by Gasteiger charge is -2.15. The van der Waals surface area contributed by atoms with E-state index >= 15 is 0 Å². The van der Waals surface area contributed by atoms with Gasteiger partial charge in [0.05, 0.1) is 27.4 Å². The molecule has 1 heterocycles. The van der Waals surface area contributed by atoms with E-state index in [4.69, 9.17) is 18.9 Å². The molecule has 8 nitrogen and oxygen atoms in total. The number of hydrogen-bond donors (Lipinski definition) is 1. The van der Waals surface area contributed by atoms with Gasteiger partial charge in [-0.15, -0.1) is 0 Å². The summed E-state index contributed by atoms with van der Waals surface area (Å²) in [6, 6.07) is 7.83. The molecule has 0 radical (unpaired) electrons. The van der Waals surface area contributed by atoms with Crippen LogP contribution < -0.4 is 18.9 Å². The predicted molar refractivity (Wildman–Crippen MR) is 79.1 cm³/mol. The van der Waals surface area contributed by atoms with Gasteiger partial charge in [-0.3, -0.25) is 0 Å². The number of carboxylic acid groups (broad SMARTS) is 1. The van der Waals surface area contributed by atoms with Crippen LogP contribution in [0.1, 0.15) is 11.7 Å². The fourth-order valence-corrected chi connectivity index (χ4v) is 1.82. The maximum absolute atomic E-state index is 11.5. The summed E-state index contributed by atoms with van der Waals surface area (Å²) in [4.78, 5) is 19.4. The number of nitrogens with zero attached hydrogens (tertiary/aromatic N) is 2. The molecular formula is C15H16N2O6. The summed E-state index contributed by atoms with van der Waals surface area (Å²) in [7, 11) is 4.33. The van der Waals surface area contributed by atoms with Crippen LogP contribution in [0.5, 0.6) is 23.5 Å². The molecule has 0 amide bonds. The highest BCUT2D eigenvalue weighted by Crippen LogP contribution is 2.26. The average Bonchev–Trinajstić information content (AvgIpc) is 2.59. The standard InChI is InChI=1S/C15H16N2O6/c1-20-10-6-4-5-9(7-10)13(14(18)19)23-15-16-11(21-2)8-12(17-15)22-3/h4-8,13H,1-3H3,(H,18,19). The molecule has 122 valence electrons. The van der Waals surface area contributed by atoms with Gasteiger partial charge in [-0.25, -0.2) is 4.79 Å². The molecule has 0 aliphatic heterocycles. The molecule has 1 unspecified atom stereocenters. The summed E-state index contributed by atoms with van der Waals surface area (Å²) in [5.41, 5.74) is 0.391. The monoisotopic (exact) mass is 320 g/mol. The minimum Gasteiger partial charge on any atom is -0.497 e. The van der Waals surface area contributed by atoms with Gasteiger partial charge in [0.2, 0.25) is 17.9 Å². The number of hydrogen-bond acceptors (Lipinski definition) is 7. The lowest BCUT2D eigenvalue weighted by molar-refractivity contribution is -0.145. The topological polar surface area (TPSA) is 100 Å². The molecule has 1 aromatic carbocycles. The van der Waals surface area contributed by atoms with Gasteiger partial charge >= 0.3 is 12.0 Å². The number of benzene rings is 1. The van der Waals surface area contributed by atoms with Crippen LogP contribution in [0.15, 0.2) is 30.3 Å². The smallest absolute Gasteiger partial charge is 0.349 e. The lowest BCUT2D eigenvalue weighted by Crippen LogP contribution is -2.19. The molecule has 2 aromatic rings. The Kier molecular flexibility index (Phi) is 5.19. The van der Waals surface area contributed by atoms with Crippen LogP contribution in [0.3, 0.4) is 0 Å². The largest absolute Gasteiger partial charge is 0.497 e. The molecular weight excluding hydrogens is 304 g/mol. The summed E-state index contributed by atoms with van der Waals surface area (Å²) in [6.45, 7) is 0. The average molecular weight is 320 g/mol. The molecule has 0 aliphatic carbocycles. The van der Waals surface area contributed by atoms with Crippen molar-refractivity contribution in [2.75, 3.05) is 21.3 Å². The quantitative estimate of drug-likeness (QED) is 0.823. The summed E-state index contributed by atoms with van der Waals surface area (Å²) in [5.74, 6) is -0.284. The van der Waals surface area contributed by atoms with Gasteiger partial charge in [0.15, 0.2) is 0 Å². The molecule has 1 aromatic heterocycles. The van der Waals surface area contributed by atoms with E-state index in [0.29, 0.717) is 11.3 Å². The second-order valence-corrected chi connectivity index (χ2v) is 4.35. The van der Waals surface area contributed by atoms with Gasteiger partial charge < -0.3 is 24.1 Å². The molecule has 8 heteroatoms. The van der Waals surface area contributed by atoms with Gasteiger partial charge in [0.1, 0.15) is 5.75 Å². The molecule has 1 atom stereocenters. The number of rotatable bonds is 7. The first kappa shape index (κ1) is 16.3. The van der Waals surface area contributed by atoms with E-state index < -0.39 is 12.1 Å². The fraction of sp³-hybridized carbons (Fsp3) is 0.267. The van der Waals surface area contributed by atoms with Crippen molar-refractivity contribution in [2.45, 2.75) is 6.10 Å². The third kappa shape index (κ3) is 4.00. The maximum atomic E-state index is 11.5. The van der Waals surface area contributed by atoms with Crippen molar-refractivity contribution < 1.29 is 28.8 Å². The molecule has 0 fully saturated rings. The number of carboxylic acids is 1. The van der Waals surface area contributed by atoms with E-state index in [0.717, 1.165) is 0 Å². The number of carbonyl (C=O) groups is 1. The van der Waals surface area contributed by atoms with Gasteiger partial charge in [-0.1, -0.05) is 12.1 Å². The number of aromatic nitrogens is 2. The van der Waals surface area contributed by atoms with Crippen LogP contribution in [0.25, 0.3) is 0 Å². The van der Waals surface area contributed by atoms with Crippen molar-refractivity contribution in [2.24, 2.45) is 0 Å². The molecule has 0 spiro atoms. The zero-order valence-electron chi connectivity index (χ0n) is 12.8. The van der Waals surface area contributed by atoms with Crippen molar-refractivity contribution in [3.8, 4) is 23.5 Å². The Hall–Kier alpha value is -3.03. The van der Waals surface area contributed by atoms with Crippen molar-refractivity contribution in [1.29, 1.82) is 0 Å². The number of methoxy groups -OCH3 is 3. The van der Waals surface area contributed by atoms with Gasteiger partial charge in [-0.05, 0) is 12.1 Å². The Morgan fingerprint density at radius 3 is 2.22 bits per heavy atom. The Bertz CT molecular complexity index is 669. The van der Waals surface area contributed by atoms with Crippen LogP contribution in [0.2, 0.25) is 0 Å². The van der Waals surface area contributed by atoms with Crippen molar-refractivity contribution in [1.82, 2.24) is 9.97 Å². The predicted octanol–water partition coefficient (Wildman–Crippen LogP) is 1.71. The van der Waals surface area contributed by atoms with Crippen LogP contribution in [0, 0.1) is 0 Å². The van der Waals surface area contributed by atoms with Crippen LogP contribution in [-0.4, -0.2) is 42.4 Å². The van der Waals surface area contributed by atoms with Crippen molar-refractivity contribution >= 4 is 5.97 Å². The van der Waals surface area contributed by atoms with E-state index in [2.05, 4.69) is 9.97 Å². The van der Waals surface area contributed by atoms with Crippen LogP contribution in [-0.2, 0) is 4.79 Å². The second-order valence-electron chi connectivity index (χ2n) is 4.35. The maximum Gasteiger partial charge on any atom is 0.349 e. The Balaban J connectivity index is 2.34. The summed E-state index contributed by atoms with van der Waals surface area (Å²) in [5, 5.41) is 9.42. The van der Waals surface area contributed by atoms with Crippen LogP contribution in [0.4, 0.5) is 0 Å². The SMILES string of the molecule is COc1cccc(C(Oc2nc(OC)cc(OC)n2)C(=O)O)c1. The van der Waals surface area contributed by atoms with E-state index in [1.165, 1.54) is 27.4 Å². The number of ether oxygens (including phenoxy) is 4. The van der Waals surface area contributed by atoms with Crippen molar-refractivity contribution in [3.63, 3.8) is 0 Å². The normalized spacial score (nSPS) is 11.4. The van der Waals surface area contributed by atoms with E-state index in [9.17, 15) is 9.90 Å². The number of aliphatic carboxylic acids is 1. The zero-order chi connectivity index (χ0) is 16.8. The first-order chi connectivity index (χ1) is 11.1. The molecule has 0 bridgehead atoms. The molecule has 0 saturated heterocycles. The third-order valence-corrected chi connectivity index (χ3v) is 2.92. The van der Waals surface area contributed by atoms with E-state index in [-0.39, 0.29) is 17.8 Å². The minimum atomic E-state index is -1.30. The summed E-state index contributed by atoms with van der Waals surface area (Å²) < 4.78 is 20.5. The highest BCUT2D eigenvalue weighted by Gasteiger charge is 2.24. The lowest BCUT2D eigenvalue weighted by atomic mass is 10.1. The minimum absolute atomic E-state index is 0.170. The van der Waals surface area contributed by atoms with Gasteiger partial charge in [0, 0.05) is 5.56 Å². The second kappa shape index (κ2) is 7.30. The first-order valence-electron chi connectivity index (χ1n) is 6.58. The molecule has 1 N–H and O–H groups in total. The third-order valence-electron chi connectivity index (χ3n) is 2.92. The summed E-state index contributed by atoms with van der Waals surface area (Å²) >= 11 is 0. The Labute approximate surface area is 132 Å². The van der Waals surface area contributed by atoms with Crippen LogP contribution >= 0.6 is 0 Å². The van der Waals surface area contributed by atoms with E-state index in [1.54, 1.807) is 24.3 Å². The molecule has 2 rings (SSSR count). The molecule has 23 heavy (non-hydrogen) atoms. The molecule has 0 aliphatic rings. The zero-order valence-corrected chi connectivity index (χ0v) is 12.8. The van der Waals surface area contributed by atoms with Gasteiger partial charge in [-0.2, -0.15) is 9.97 Å². The highest BCUT2D eigenvalue weighted by molar-refractivity contribution is 5.75. The van der Waals surface area contributed by atoms with Gasteiger partial charge in [0.25, 0.3) is 0 Å². The highest BCUT2D eigenvalue weighted by atomic mass is 16.5. The molecule has 0 saturated carbocycles. The first-order valence-corrected chi connectivity index (χ1v) is 6.58. The van der Waals surface area contributed by atoms with E-state index in [1.807, 2.05) is 0 Å². The Morgan fingerprint density at radius 1 is 1.04 bits per heavy atom.